The van der Waals surface area contributed by atoms with Gasteiger partial charge in [0.25, 0.3) is 0 Å². The van der Waals surface area contributed by atoms with Crippen LogP contribution in [-0.2, 0) is 18.4 Å². The van der Waals surface area contributed by atoms with Crippen molar-refractivity contribution >= 4 is 62.5 Å². The van der Waals surface area contributed by atoms with Gasteiger partial charge in [0.05, 0.1) is 15.8 Å². The third-order valence-corrected chi connectivity index (χ3v) is 6.22. The van der Waals surface area contributed by atoms with Crippen LogP contribution in [0, 0.1) is 0 Å². The zero-order valence-corrected chi connectivity index (χ0v) is 18.6. The topological polar surface area (TPSA) is 69.0 Å². The summed E-state index contributed by atoms with van der Waals surface area (Å²) in [7, 11) is 1.82. The fourth-order valence-corrected chi connectivity index (χ4v) is 3.55. The smallest absolute Gasteiger partial charge is 0.234 e. The normalized spacial score (nSPS) is 10.7. The van der Waals surface area contributed by atoms with Crippen molar-refractivity contribution in [2.24, 2.45) is 7.05 Å². The number of para-hydroxylation sites is 1. The van der Waals surface area contributed by atoms with Gasteiger partial charge < -0.3 is 14.6 Å². The highest BCUT2D eigenvalue weighted by atomic mass is 79.9. The fourth-order valence-electron chi connectivity index (χ4n) is 2.20. The summed E-state index contributed by atoms with van der Waals surface area (Å²) in [5.74, 6) is 1.22. The van der Waals surface area contributed by atoms with Crippen molar-refractivity contribution < 1.29 is 9.53 Å². The molecule has 1 amide bonds. The maximum atomic E-state index is 12.2. The molecule has 28 heavy (non-hydrogen) atoms. The molecule has 0 radical (unpaired) electrons. The average Bonchev–Trinajstić information content (AvgIpc) is 3.02. The lowest BCUT2D eigenvalue weighted by Crippen LogP contribution is -2.14. The van der Waals surface area contributed by atoms with Crippen LogP contribution in [-0.4, -0.2) is 26.4 Å². The van der Waals surface area contributed by atoms with E-state index in [1.807, 2.05) is 19.2 Å². The van der Waals surface area contributed by atoms with Crippen molar-refractivity contribution in [3.63, 3.8) is 0 Å². The van der Waals surface area contributed by atoms with Gasteiger partial charge in [0.1, 0.15) is 12.4 Å². The summed E-state index contributed by atoms with van der Waals surface area (Å²) in [5, 5.41) is 12.7. The van der Waals surface area contributed by atoms with Crippen molar-refractivity contribution in [2.75, 3.05) is 11.1 Å². The van der Waals surface area contributed by atoms with Crippen molar-refractivity contribution in [1.29, 1.82) is 0 Å². The van der Waals surface area contributed by atoms with Gasteiger partial charge in [-0.05, 0) is 46.3 Å². The van der Waals surface area contributed by atoms with E-state index in [1.54, 1.807) is 34.9 Å². The summed E-state index contributed by atoms with van der Waals surface area (Å²) in [5.41, 5.74) is 0.630. The molecule has 0 saturated carbocycles. The van der Waals surface area contributed by atoms with Crippen LogP contribution in [0.5, 0.6) is 5.75 Å². The first-order valence-electron chi connectivity index (χ1n) is 8.07. The van der Waals surface area contributed by atoms with Crippen LogP contribution in [0.15, 0.2) is 52.1 Å². The highest BCUT2D eigenvalue weighted by Crippen LogP contribution is 2.26. The molecule has 0 atom stereocenters. The molecule has 0 spiro atoms. The lowest BCUT2D eigenvalue weighted by Gasteiger charge is -2.08. The molecule has 146 valence electrons. The van der Waals surface area contributed by atoms with E-state index in [9.17, 15) is 4.79 Å². The number of hydrogen-bond acceptors (Lipinski definition) is 5. The molecule has 1 N–H and O–H groups in total. The molecule has 10 heteroatoms. The van der Waals surface area contributed by atoms with Crippen molar-refractivity contribution in [2.45, 2.75) is 11.8 Å². The Hall–Kier alpha value is -1.74. The summed E-state index contributed by atoms with van der Waals surface area (Å²) in [6.45, 7) is 0.220. The van der Waals surface area contributed by atoms with Crippen LogP contribution in [0.4, 0.5) is 5.69 Å². The lowest BCUT2D eigenvalue weighted by atomic mass is 10.3. The number of nitrogens with one attached hydrogen (secondary N) is 1. The van der Waals surface area contributed by atoms with Crippen LogP contribution in [0.3, 0.4) is 0 Å². The van der Waals surface area contributed by atoms with Crippen LogP contribution < -0.4 is 10.1 Å². The lowest BCUT2D eigenvalue weighted by molar-refractivity contribution is -0.113. The van der Waals surface area contributed by atoms with Gasteiger partial charge in [-0.2, -0.15) is 0 Å². The first-order chi connectivity index (χ1) is 13.4. The number of carbonyl (C=O) groups excluding carboxylic acids is 1. The molecule has 2 aromatic carbocycles. The minimum atomic E-state index is -0.166. The molecule has 0 aliphatic carbocycles. The van der Waals surface area contributed by atoms with Gasteiger partial charge in [-0.25, -0.2) is 0 Å². The van der Waals surface area contributed by atoms with E-state index in [-0.39, 0.29) is 18.3 Å². The Balaban J connectivity index is 1.54. The minimum absolute atomic E-state index is 0.166. The SMILES string of the molecule is Cn1c(COc2ccccc2Cl)nnc1SCC(=O)Nc1ccc(Br)c(Cl)c1. The quantitative estimate of drug-likeness (QED) is 0.451. The molecular formula is C18H15BrCl2N4O2S. The Bertz CT molecular complexity index is 999. The van der Waals surface area contributed by atoms with Gasteiger partial charge in [-0.1, -0.05) is 47.1 Å². The number of nitrogens with zero attached hydrogens (tertiary/aromatic N) is 3. The van der Waals surface area contributed by atoms with E-state index in [1.165, 1.54) is 11.8 Å². The summed E-state index contributed by atoms with van der Waals surface area (Å²) in [4.78, 5) is 12.2. The molecule has 1 aromatic heterocycles. The Labute approximate surface area is 184 Å². The molecule has 0 aliphatic heterocycles. The van der Waals surface area contributed by atoms with Crippen LogP contribution >= 0.6 is 50.9 Å². The van der Waals surface area contributed by atoms with E-state index < -0.39 is 0 Å². The second kappa shape index (κ2) is 9.65. The Morgan fingerprint density at radius 2 is 2.00 bits per heavy atom. The maximum absolute atomic E-state index is 12.2. The monoisotopic (exact) mass is 500 g/mol. The number of anilines is 1. The van der Waals surface area contributed by atoms with E-state index in [2.05, 4.69) is 31.4 Å². The number of aromatic nitrogens is 3. The van der Waals surface area contributed by atoms with Gasteiger partial charge in [-0.3, -0.25) is 4.79 Å². The standard InChI is InChI=1S/C18H15BrCl2N4O2S/c1-25-16(9-27-15-5-3-2-4-13(15)20)23-24-18(25)28-10-17(26)22-11-6-7-12(19)14(21)8-11/h2-8H,9-10H2,1H3,(H,22,26). The highest BCUT2D eigenvalue weighted by molar-refractivity contribution is 9.10. The zero-order chi connectivity index (χ0) is 20.1. The second-order valence-corrected chi connectivity index (χ2v) is 8.25. The summed E-state index contributed by atoms with van der Waals surface area (Å²) >= 11 is 16.7. The summed E-state index contributed by atoms with van der Waals surface area (Å²) in [6, 6.07) is 12.4. The minimum Gasteiger partial charge on any atom is -0.484 e. The number of hydrogen-bond donors (Lipinski definition) is 1. The first-order valence-corrected chi connectivity index (χ1v) is 10.6. The molecule has 0 aliphatic rings. The van der Waals surface area contributed by atoms with E-state index in [0.29, 0.717) is 32.5 Å². The van der Waals surface area contributed by atoms with E-state index >= 15 is 0 Å². The van der Waals surface area contributed by atoms with E-state index in [4.69, 9.17) is 27.9 Å². The van der Waals surface area contributed by atoms with Gasteiger partial charge >= 0.3 is 0 Å². The van der Waals surface area contributed by atoms with Gasteiger partial charge in [0.15, 0.2) is 11.0 Å². The number of ether oxygens (including phenoxy) is 1. The predicted molar refractivity (Wildman–Crippen MR) is 115 cm³/mol. The van der Waals surface area contributed by atoms with Crippen LogP contribution in [0.2, 0.25) is 10.0 Å². The Kier molecular flexibility index (Phi) is 7.23. The maximum Gasteiger partial charge on any atom is 0.234 e. The van der Waals surface area contributed by atoms with Gasteiger partial charge in [0, 0.05) is 17.2 Å². The average molecular weight is 502 g/mol. The zero-order valence-electron chi connectivity index (χ0n) is 14.7. The van der Waals surface area contributed by atoms with Crippen LogP contribution in [0.25, 0.3) is 0 Å². The molecule has 0 unspecified atom stereocenters. The molecule has 0 bridgehead atoms. The molecule has 1 heterocycles. The number of amides is 1. The molecular weight excluding hydrogens is 487 g/mol. The Morgan fingerprint density at radius 3 is 2.75 bits per heavy atom. The summed E-state index contributed by atoms with van der Waals surface area (Å²) in [6.07, 6.45) is 0. The number of benzene rings is 2. The molecule has 0 fully saturated rings. The number of carbonyl (C=O) groups is 1. The first kappa shape index (κ1) is 21.0. The van der Waals surface area contributed by atoms with Crippen molar-refractivity contribution in [3.8, 4) is 5.75 Å². The predicted octanol–water partition coefficient (Wildman–Crippen LogP) is 5.19. The number of halogens is 3. The molecule has 0 saturated heterocycles. The molecule has 6 nitrogen and oxygen atoms in total. The van der Waals surface area contributed by atoms with Gasteiger partial charge in [0.2, 0.25) is 5.91 Å². The molecule has 3 aromatic rings. The van der Waals surface area contributed by atoms with Crippen molar-refractivity contribution in [1.82, 2.24) is 14.8 Å². The van der Waals surface area contributed by atoms with E-state index in [0.717, 1.165) is 4.47 Å². The fraction of sp³-hybridized carbons (Fsp3) is 0.167. The summed E-state index contributed by atoms with van der Waals surface area (Å²) < 4.78 is 8.24. The largest absolute Gasteiger partial charge is 0.484 e. The molecule has 3 rings (SSSR count). The van der Waals surface area contributed by atoms with Crippen LogP contribution in [0.1, 0.15) is 5.82 Å². The number of rotatable bonds is 7. The second-order valence-electron chi connectivity index (χ2n) is 5.64. The highest BCUT2D eigenvalue weighted by Gasteiger charge is 2.13. The van der Waals surface area contributed by atoms with Crippen molar-refractivity contribution in [3.05, 3.63) is 62.8 Å². The number of thioether (sulfide) groups is 1. The van der Waals surface area contributed by atoms with Gasteiger partial charge in [-0.15, -0.1) is 10.2 Å². The third kappa shape index (κ3) is 5.41. The third-order valence-electron chi connectivity index (χ3n) is 3.65. The Morgan fingerprint density at radius 1 is 1.21 bits per heavy atom.